The number of nitrogens with zero attached hydrogens (tertiary/aromatic N) is 1. The predicted octanol–water partition coefficient (Wildman–Crippen LogP) is 3.09. The van der Waals surface area contributed by atoms with Crippen LogP contribution in [-0.2, 0) is 0 Å². The number of carboxylic acids is 1. The van der Waals surface area contributed by atoms with Crippen LogP contribution in [0, 0.1) is 10.1 Å². The molecule has 2 rings (SSSR count). The summed E-state index contributed by atoms with van der Waals surface area (Å²) in [6.45, 7) is 0. The molecule has 2 aromatic carbocycles. The monoisotopic (exact) mass is 289 g/mol. The SMILES string of the molecule is COc1ccc([N+](=O)[O-])c(Oc2ccc(C(=O)O)cc2)c1. The Morgan fingerprint density at radius 2 is 1.76 bits per heavy atom. The maximum Gasteiger partial charge on any atom is 0.335 e. The average Bonchev–Trinajstić information content (AvgIpc) is 2.47. The van der Waals surface area contributed by atoms with Crippen molar-refractivity contribution in [1.82, 2.24) is 0 Å². The Morgan fingerprint density at radius 1 is 1.14 bits per heavy atom. The molecule has 0 saturated carbocycles. The first-order valence-corrected chi connectivity index (χ1v) is 5.85. The van der Waals surface area contributed by atoms with Crippen molar-refractivity contribution in [3.8, 4) is 17.2 Å². The quantitative estimate of drug-likeness (QED) is 0.670. The number of aromatic carboxylic acids is 1. The van der Waals surface area contributed by atoms with Crippen molar-refractivity contribution >= 4 is 11.7 Å². The molecule has 0 atom stereocenters. The molecule has 0 fully saturated rings. The largest absolute Gasteiger partial charge is 0.497 e. The number of rotatable bonds is 5. The molecule has 1 N–H and O–H groups in total. The zero-order valence-electron chi connectivity index (χ0n) is 11.0. The second-order valence-electron chi connectivity index (χ2n) is 4.02. The summed E-state index contributed by atoms with van der Waals surface area (Å²) >= 11 is 0. The van der Waals surface area contributed by atoms with Gasteiger partial charge in [-0.25, -0.2) is 4.79 Å². The third-order valence-corrected chi connectivity index (χ3v) is 2.69. The first kappa shape index (κ1) is 14.3. The fourth-order valence-electron chi connectivity index (χ4n) is 1.65. The average molecular weight is 289 g/mol. The Balaban J connectivity index is 2.33. The van der Waals surface area contributed by atoms with Crippen molar-refractivity contribution in [2.45, 2.75) is 0 Å². The van der Waals surface area contributed by atoms with Gasteiger partial charge >= 0.3 is 11.7 Å². The van der Waals surface area contributed by atoms with Crippen molar-refractivity contribution in [3.63, 3.8) is 0 Å². The molecule has 7 heteroatoms. The molecule has 0 spiro atoms. The summed E-state index contributed by atoms with van der Waals surface area (Å²) in [5.41, 5.74) is -0.111. The number of hydrogen-bond acceptors (Lipinski definition) is 5. The van der Waals surface area contributed by atoms with E-state index in [1.165, 1.54) is 49.6 Å². The van der Waals surface area contributed by atoms with E-state index in [2.05, 4.69) is 0 Å². The van der Waals surface area contributed by atoms with Crippen LogP contribution >= 0.6 is 0 Å². The number of benzene rings is 2. The molecule has 108 valence electrons. The fraction of sp³-hybridized carbons (Fsp3) is 0.0714. The molecule has 2 aromatic rings. The fourth-order valence-corrected chi connectivity index (χ4v) is 1.65. The van der Waals surface area contributed by atoms with Crippen LogP contribution in [0.4, 0.5) is 5.69 Å². The maximum absolute atomic E-state index is 11.0. The van der Waals surface area contributed by atoms with Crippen molar-refractivity contribution in [2.75, 3.05) is 7.11 Å². The van der Waals surface area contributed by atoms with Gasteiger partial charge in [-0.1, -0.05) is 0 Å². The van der Waals surface area contributed by atoms with Gasteiger partial charge in [-0.3, -0.25) is 10.1 Å². The van der Waals surface area contributed by atoms with Crippen LogP contribution in [0.25, 0.3) is 0 Å². The lowest BCUT2D eigenvalue weighted by Gasteiger charge is -2.08. The minimum Gasteiger partial charge on any atom is -0.497 e. The summed E-state index contributed by atoms with van der Waals surface area (Å²) in [6, 6.07) is 9.67. The van der Waals surface area contributed by atoms with Crippen LogP contribution in [-0.4, -0.2) is 23.1 Å². The second-order valence-corrected chi connectivity index (χ2v) is 4.02. The third kappa shape index (κ3) is 3.27. The number of ether oxygens (including phenoxy) is 2. The van der Waals surface area contributed by atoms with Gasteiger partial charge in [0.2, 0.25) is 5.75 Å². The van der Waals surface area contributed by atoms with Crippen LogP contribution in [0.1, 0.15) is 10.4 Å². The van der Waals surface area contributed by atoms with Gasteiger partial charge in [0.15, 0.2) is 0 Å². The predicted molar refractivity (Wildman–Crippen MR) is 73.1 cm³/mol. The molecular formula is C14H11NO6. The molecule has 21 heavy (non-hydrogen) atoms. The molecule has 0 amide bonds. The number of nitro benzene ring substituents is 1. The minimum atomic E-state index is -1.06. The smallest absolute Gasteiger partial charge is 0.335 e. The molecule has 0 aliphatic carbocycles. The summed E-state index contributed by atoms with van der Waals surface area (Å²) in [5, 5.41) is 19.8. The standard InChI is InChI=1S/C14H11NO6/c1-20-11-6-7-12(15(18)19)13(8-11)21-10-4-2-9(3-5-10)14(16)17/h2-8H,1H3,(H,16,17). The Kier molecular flexibility index (Phi) is 4.03. The van der Waals surface area contributed by atoms with E-state index in [0.29, 0.717) is 5.75 Å². The molecule has 0 unspecified atom stereocenters. The van der Waals surface area contributed by atoms with Gasteiger partial charge < -0.3 is 14.6 Å². The lowest BCUT2D eigenvalue weighted by molar-refractivity contribution is -0.385. The second kappa shape index (κ2) is 5.91. The van der Waals surface area contributed by atoms with Crippen LogP contribution in [0.5, 0.6) is 17.2 Å². The number of methoxy groups -OCH3 is 1. The molecule has 0 heterocycles. The molecule has 0 radical (unpaired) electrons. The van der Waals surface area contributed by atoms with Crippen molar-refractivity contribution in [2.24, 2.45) is 0 Å². The first-order valence-electron chi connectivity index (χ1n) is 5.85. The zero-order valence-corrected chi connectivity index (χ0v) is 11.0. The first-order chi connectivity index (χ1) is 10.0. The highest BCUT2D eigenvalue weighted by Crippen LogP contribution is 2.34. The number of carboxylic acid groups (broad SMARTS) is 1. The number of nitro groups is 1. The normalized spacial score (nSPS) is 9.95. The Bertz CT molecular complexity index is 680. The summed E-state index contributed by atoms with van der Waals surface area (Å²) in [5.74, 6) is -0.342. The van der Waals surface area contributed by atoms with Gasteiger partial charge in [0.1, 0.15) is 11.5 Å². The van der Waals surface area contributed by atoms with Crippen molar-refractivity contribution in [3.05, 3.63) is 58.1 Å². The summed E-state index contributed by atoms with van der Waals surface area (Å²) in [6.07, 6.45) is 0. The van der Waals surface area contributed by atoms with E-state index in [1.807, 2.05) is 0 Å². The van der Waals surface area contributed by atoms with Crippen LogP contribution in [0.3, 0.4) is 0 Å². The van der Waals surface area contributed by atoms with Gasteiger partial charge in [-0.05, 0) is 30.3 Å². The maximum atomic E-state index is 11.0. The number of hydrogen-bond donors (Lipinski definition) is 1. The third-order valence-electron chi connectivity index (χ3n) is 2.69. The van der Waals surface area contributed by atoms with E-state index in [-0.39, 0.29) is 22.7 Å². The van der Waals surface area contributed by atoms with E-state index in [0.717, 1.165) is 0 Å². The lowest BCUT2D eigenvalue weighted by Crippen LogP contribution is -1.97. The minimum absolute atomic E-state index is 0.0161. The van der Waals surface area contributed by atoms with E-state index in [9.17, 15) is 14.9 Å². The van der Waals surface area contributed by atoms with Crippen LogP contribution in [0.15, 0.2) is 42.5 Å². The highest BCUT2D eigenvalue weighted by Gasteiger charge is 2.17. The molecule has 0 bridgehead atoms. The molecule has 0 aliphatic rings. The van der Waals surface area contributed by atoms with Crippen molar-refractivity contribution in [1.29, 1.82) is 0 Å². The van der Waals surface area contributed by atoms with Gasteiger partial charge in [0, 0.05) is 12.1 Å². The Hall–Kier alpha value is -3.09. The Labute approximate surface area is 119 Å². The summed E-state index contributed by atoms with van der Waals surface area (Å²) < 4.78 is 10.4. The van der Waals surface area contributed by atoms with Crippen LogP contribution in [0.2, 0.25) is 0 Å². The zero-order chi connectivity index (χ0) is 15.4. The van der Waals surface area contributed by atoms with E-state index >= 15 is 0 Å². The molecular weight excluding hydrogens is 278 g/mol. The van der Waals surface area contributed by atoms with Crippen LogP contribution < -0.4 is 9.47 Å². The van der Waals surface area contributed by atoms with Gasteiger partial charge in [0.25, 0.3) is 0 Å². The summed E-state index contributed by atoms with van der Waals surface area (Å²) in [7, 11) is 1.44. The Morgan fingerprint density at radius 3 is 2.29 bits per heavy atom. The van der Waals surface area contributed by atoms with Crippen molar-refractivity contribution < 1.29 is 24.3 Å². The summed E-state index contributed by atoms with van der Waals surface area (Å²) in [4.78, 5) is 21.1. The van der Waals surface area contributed by atoms with E-state index in [1.54, 1.807) is 0 Å². The van der Waals surface area contributed by atoms with Gasteiger partial charge in [0.05, 0.1) is 17.6 Å². The molecule has 7 nitrogen and oxygen atoms in total. The van der Waals surface area contributed by atoms with Gasteiger partial charge in [-0.15, -0.1) is 0 Å². The number of carbonyl (C=O) groups is 1. The molecule has 0 aliphatic heterocycles. The van der Waals surface area contributed by atoms with E-state index in [4.69, 9.17) is 14.6 Å². The highest BCUT2D eigenvalue weighted by atomic mass is 16.6. The molecule has 0 saturated heterocycles. The highest BCUT2D eigenvalue weighted by molar-refractivity contribution is 5.87. The lowest BCUT2D eigenvalue weighted by atomic mass is 10.2. The molecule has 0 aromatic heterocycles. The van der Waals surface area contributed by atoms with E-state index < -0.39 is 10.9 Å². The topological polar surface area (TPSA) is 98.9 Å². The van der Waals surface area contributed by atoms with Gasteiger partial charge in [-0.2, -0.15) is 0 Å².